The quantitative estimate of drug-likeness (QED) is 0.438. The summed E-state index contributed by atoms with van der Waals surface area (Å²) in [5.41, 5.74) is -0.412. The zero-order chi connectivity index (χ0) is 12.8. The maximum Gasteiger partial charge on any atom is 0.330 e. The normalized spacial score (nSPS) is 13.1. The average molecular weight is 232 g/mol. The minimum atomic E-state index is -1.20. The van der Waals surface area contributed by atoms with Gasteiger partial charge in [-0.2, -0.15) is 0 Å². The Morgan fingerprint density at radius 3 is 2.00 bits per heavy atom. The molecule has 5 heteroatoms. The molecule has 0 rings (SSSR count). The van der Waals surface area contributed by atoms with Crippen LogP contribution in [0.4, 0.5) is 0 Å². The molecule has 94 valence electrons. The summed E-state index contributed by atoms with van der Waals surface area (Å²) in [4.78, 5) is 11.3. The van der Waals surface area contributed by atoms with Gasteiger partial charge in [0.25, 0.3) is 0 Å². The minimum absolute atomic E-state index is 0.455. The third-order valence-electron chi connectivity index (χ3n) is 2.51. The van der Waals surface area contributed by atoms with E-state index in [9.17, 15) is 4.79 Å². The van der Waals surface area contributed by atoms with Crippen molar-refractivity contribution in [1.82, 2.24) is 0 Å². The molecular weight excluding hydrogens is 212 g/mol. The Balaban J connectivity index is 4.60. The summed E-state index contributed by atoms with van der Waals surface area (Å²) < 4.78 is 5.00. The summed E-state index contributed by atoms with van der Waals surface area (Å²) in [5.74, 6) is -0.549. The summed E-state index contributed by atoms with van der Waals surface area (Å²) in [6.07, 6.45) is 0.545. The van der Waals surface area contributed by atoms with Crippen LogP contribution < -0.4 is 0 Å². The molecule has 0 spiro atoms. The molecule has 0 aromatic heterocycles. The van der Waals surface area contributed by atoms with Crippen molar-refractivity contribution in [3.63, 3.8) is 0 Å². The van der Waals surface area contributed by atoms with E-state index in [1.807, 2.05) is 0 Å². The topological polar surface area (TPSA) is 87.0 Å². The first-order valence-electron chi connectivity index (χ1n) is 5.10. The highest BCUT2D eigenvalue weighted by atomic mass is 16.5. The van der Waals surface area contributed by atoms with Crippen LogP contribution in [0.1, 0.15) is 20.8 Å². The van der Waals surface area contributed by atoms with Crippen LogP contribution in [0, 0.1) is 5.41 Å². The van der Waals surface area contributed by atoms with E-state index in [4.69, 9.17) is 20.1 Å². The lowest BCUT2D eigenvalue weighted by molar-refractivity contribution is -0.157. The van der Waals surface area contributed by atoms with Crippen molar-refractivity contribution in [2.45, 2.75) is 26.9 Å². The molecule has 0 aliphatic rings. The second-order valence-corrected chi connectivity index (χ2v) is 4.14. The first-order valence-corrected chi connectivity index (χ1v) is 5.10. The van der Waals surface area contributed by atoms with Crippen LogP contribution in [-0.4, -0.2) is 47.2 Å². The van der Waals surface area contributed by atoms with E-state index in [1.165, 1.54) is 13.0 Å². The second-order valence-electron chi connectivity index (χ2n) is 4.14. The van der Waals surface area contributed by atoms with E-state index in [1.54, 1.807) is 13.8 Å². The van der Waals surface area contributed by atoms with Crippen LogP contribution in [0.5, 0.6) is 0 Å². The zero-order valence-electron chi connectivity index (χ0n) is 9.93. The number of allylic oxidation sites excluding steroid dienone is 1. The zero-order valence-corrected chi connectivity index (χ0v) is 9.93. The summed E-state index contributed by atoms with van der Waals surface area (Å²) in [6.45, 7) is 3.67. The maximum absolute atomic E-state index is 11.3. The summed E-state index contributed by atoms with van der Waals surface area (Å²) in [6, 6.07) is 0. The average Bonchev–Trinajstić information content (AvgIpc) is 2.19. The van der Waals surface area contributed by atoms with Gasteiger partial charge in [-0.3, -0.25) is 0 Å². The molecule has 0 aromatic carbocycles. The van der Waals surface area contributed by atoms with Gasteiger partial charge in [-0.25, -0.2) is 4.79 Å². The highest BCUT2D eigenvalue weighted by Gasteiger charge is 2.37. The van der Waals surface area contributed by atoms with Crippen molar-refractivity contribution < 1.29 is 24.9 Å². The maximum atomic E-state index is 11.3. The largest absolute Gasteiger partial charge is 0.459 e. The predicted molar refractivity (Wildman–Crippen MR) is 58.7 cm³/mol. The standard InChI is InChI=1S/C11H20O5/c1-8(2)4-10(15)16-9(3)11(5-12,6-13)7-14/h4,9,12-14H,5-7H2,1-3H3. The second kappa shape index (κ2) is 6.62. The Bertz CT molecular complexity index is 243. The third kappa shape index (κ3) is 3.92. The summed E-state index contributed by atoms with van der Waals surface area (Å²) in [5, 5.41) is 27.3. The molecule has 1 atom stereocenters. The Morgan fingerprint density at radius 2 is 1.69 bits per heavy atom. The van der Waals surface area contributed by atoms with Gasteiger partial charge in [0.2, 0.25) is 0 Å². The highest BCUT2D eigenvalue weighted by Crippen LogP contribution is 2.23. The Kier molecular flexibility index (Phi) is 6.25. The Morgan fingerprint density at radius 1 is 1.25 bits per heavy atom. The molecule has 0 bridgehead atoms. The fourth-order valence-electron chi connectivity index (χ4n) is 1.10. The van der Waals surface area contributed by atoms with E-state index in [2.05, 4.69) is 0 Å². The number of aliphatic hydroxyl groups excluding tert-OH is 3. The number of esters is 1. The fourth-order valence-corrected chi connectivity index (χ4v) is 1.10. The molecule has 16 heavy (non-hydrogen) atoms. The van der Waals surface area contributed by atoms with Crippen LogP contribution in [0.2, 0.25) is 0 Å². The van der Waals surface area contributed by atoms with Crippen molar-refractivity contribution in [2.24, 2.45) is 5.41 Å². The molecule has 0 saturated carbocycles. The molecule has 0 heterocycles. The lowest BCUT2D eigenvalue weighted by Crippen LogP contribution is -2.45. The van der Waals surface area contributed by atoms with Crippen LogP contribution in [0.3, 0.4) is 0 Å². The highest BCUT2D eigenvalue weighted by molar-refractivity contribution is 5.82. The molecule has 5 nitrogen and oxygen atoms in total. The van der Waals surface area contributed by atoms with Gasteiger partial charge in [-0.15, -0.1) is 0 Å². The van der Waals surface area contributed by atoms with Crippen molar-refractivity contribution in [3.05, 3.63) is 11.6 Å². The van der Waals surface area contributed by atoms with Crippen molar-refractivity contribution in [3.8, 4) is 0 Å². The number of carbonyl (C=O) groups excluding carboxylic acids is 1. The monoisotopic (exact) mass is 232 g/mol. The lowest BCUT2D eigenvalue weighted by atomic mass is 9.85. The number of aliphatic hydroxyl groups is 3. The van der Waals surface area contributed by atoms with E-state index >= 15 is 0 Å². The van der Waals surface area contributed by atoms with E-state index in [0.717, 1.165) is 5.57 Å². The van der Waals surface area contributed by atoms with Crippen molar-refractivity contribution in [1.29, 1.82) is 0 Å². The first-order chi connectivity index (χ1) is 7.41. The molecular formula is C11H20O5. The molecule has 0 aliphatic heterocycles. The number of hydrogen-bond donors (Lipinski definition) is 3. The molecule has 0 amide bonds. The molecule has 0 aliphatic carbocycles. The van der Waals surface area contributed by atoms with Gasteiger partial charge in [-0.05, 0) is 20.8 Å². The molecule has 3 N–H and O–H groups in total. The van der Waals surface area contributed by atoms with Gasteiger partial charge in [0.15, 0.2) is 0 Å². The lowest BCUT2D eigenvalue weighted by Gasteiger charge is -2.32. The smallest absolute Gasteiger partial charge is 0.330 e. The van der Waals surface area contributed by atoms with Gasteiger partial charge in [0, 0.05) is 6.08 Å². The predicted octanol–water partition coefficient (Wildman–Crippen LogP) is -0.152. The van der Waals surface area contributed by atoms with Gasteiger partial charge < -0.3 is 20.1 Å². The van der Waals surface area contributed by atoms with Crippen LogP contribution >= 0.6 is 0 Å². The van der Waals surface area contributed by atoms with Crippen molar-refractivity contribution in [2.75, 3.05) is 19.8 Å². The minimum Gasteiger partial charge on any atom is -0.459 e. The van der Waals surface area contributed by atoms with Gasteiger partial charge in [0.05, 0.1) is 25.2 Å². The van der Waals surface area contributed by atoms with Crippen LogP contribution in [-0.2, 0) is 9.53 Å². The van der Waals surface area contributed by atoms with Crippen LogP contribution in [0.15, 0.2) is 11.6 Å². The van der Waals surface area contributed by atoms with E-state index in [0.29, 0.717) is 0 Å². The van der Waals surface area contributed by atoms with Gasteiger partial charge in [-0.1, -0.05) is 5.57 Å². The van der Waals surface area contributed by atoms with E-state index < -0.39 is 37.3 Å². The molecule has 0 fully saturated rings. The first kappa shape index (κ1) is 15.1. The van der Waals surface area contributed by atoms with E-state index in [-0.39, 0.29) is 0 Å². The van der Waals surface area contributed by atoms with Gasteiger partial charge in [0.1, 0.15) is 6.10 Å². The fraction of sp³-hybridized carbons (Fsp3) is 0.727. The number of hydrogen-bond acceptors (Lipinski definition) is 5. The summed E-state index contributed by atoms with van der Waals surface area (Å²) >= 11 is 0. The number of carbonyl (C=O) groups is 1. The van der Waals surface area contributed by atoms with Crippen molar-refractivity contribution >= 4 is 5.97 Å². The van der Waals surface area contributed by atoms with Gasteiger partial charge >= 0.3 is 5.97 Å². The van der Waals surface area contributed by atoms with Crippen LogP contribution in [0.25, 0.3) is 0 Å². The molecule has 0 aromatic rings. The number of ether oxygens (including phenoxy) is 1. The molecule has 0 saturated heterocycles. The molecule has 1 unspecified atom stereocenters. The Hall–Kier alpha value is -0.910. The molecule has 0 radical (unpaired) electrons. The Labute approximate surface area is 95.4 Å². The SMILES string of the molecule is CC(C)=CC(=O)OC(C)C(CO)(CO)CO. The number of rotatable bonds is 6. The summed E-state index contributed by atoms with van der Waals surface area (Å²) in [7, 11) is 0. The third-order valence-corrected chi connectivity index (χ3v) is 2.51.